The van der Waals surface area contributed by atoms with Crippen LogP contribution >= 0.6 is 23.2 Å². The van der Waals surface area contributed by atoms with Crippen LogP contribution in [-0.2, 0) is 0 Å². The molecule has 0 aromatic rings. The maximum Gasteiger partial charge on any atom is 0.187 e. The smallest absolute Gasteiger partial charge is 0.187 e. The lowest BCUT2D eigenvalue weighted by Crippen LogP contribution is -2.50. The first-order valence-corrected chi connectivity index (χ1v) is 4.49. The lowest BCUT2D eigenvalue weighted by Gasteiger charge is -2.39. The molecule has 0 aliphatic carbocycles. The molecule has 0 radical (unpaired) electrons. The maximum absolute atomic E-state index is 6.31. The predicted molar refractivity (Wildman–Crippen MR) is 55.6 cm³/mol. The van der Waals surface area contributed by atoms with Gasteiger partial charge in [-0.2, -0.15) is 0 Å². The van der Waals surface area contributed by atoms with Crippen molar-refractivity contribution < 1.29 is 0 Å². The van der Waals surface area contributed by atoms with Crippen LogP contribution in [0.5, 0.6) is 0 Å². The Morgan fingerprint density at radius 3 is 1.58 bits per heavy atom. The molecule has 0 atom stereocenters. The van der Waals surface area contributed by atoms with E-state index < -0.39 is 5.12 Å². The molecule has 0 saturated carbocycles. The van der Waals surface area contributed by atoms with Crippen LogP contribution in [0.15, 0.2) is 11.1 Å². The van der Waals surface area contributed by atoms with Crippen molar-refractivity contribution >= 4 is 23.2 Å². The first kappa shape index (κ1) is 12.2. The van der Waals surface area contributed by atoms with Gasteiger partial charge in [-0.25, -0.2) is 0 Å². The van der Waals surface area contributed by atoms with E-state index in [-0.39, 0.29) is 0 Å². The Morgan fingerprint density at radius 1 is 1.17 bits per heavy atom. The minimum atomic E-state index is -0.726. The molecule has 0 fully saturated rings. The number of hydrogen-bond acceptors (Lipinski definition) is 2. The van der Waals surface area contributed by atoms with Gasteiger partial charge in [-0.1, -0.05) is 29.3 Å². The largest absolute Gasteiger partial charge is 0.274 e. The van der Waals surface area contributed by atoms with E-state index in [2.05, 4.69) is 0 Å². The second-order valence-corrected chi connectivity index (χ2v) is 3.95. The van der Waals surface area contributed by atoms with E-state index in [1.165, 1.54) is 0 Å². The summed E-state index contributed by atoms with van der Waals surface area (Å²) in [5.41, 5.74) is 0. The zero-order valence-electron chi connectivity index (χ0n) is 8.23. The van der Waals surface area contributed by atoms with Gasteiger partial charge < -0.3 is 0 Å². The number of likely N-dealkylation sites (N-methyl/N-ethyl adjacent to an activating group) is 2. The number of alkyl halides is 1. The van der Waals surface area contributed by atoms with Gasteiger partial charge in [0.05, 0.1) is 5.03 Å². The summed E-state index contributed by atoms with van der Waals surface area (Å²) < 4.78 is 0. The second-order valence-electron chi connectivity index (χ2n) is 3.01. The normalized spacial score (nSPS) is 14.6. The molecular weight excluding hydrogens is 195 g/mol. The first-order valence-electron chi connectivity index (χ1n) is 3.73. The minimum absolute atomic E-state index is 0.610. The zero-order valence-corrected chi connectivity index (χ0v) is 9.74. The first-order chi connectivity index (χ1) is 5.37. The molecule has 0 N–H and O–H groups in total. The van der Waals surface area contributed by atoms with Crippen molar-refractivity contribution in [2.45, 2.75) is 12.0 Å². The summed E-state index contributed by atoms with van der Waals surface area (Å²) in [4.78, 5) is 3.72. The molecular formula is C8H16Cl2N2. The van der Waals surface area contributed by atoms with Gasteiger partial charge in [-0.05, 0) is 35.1 Å². The number of allylic oxidation sites excluding steroid dienone is 1. The molecule has 0 heterocycles. The average Bonchev–Trinajstić information content (AvgIpc) is 2.00. The summed E-state index contributed by atoms with van der Waals surface area (Å²) in [5, 5.41) is -0.116. The number of hydrogen-bond donors (Lipinski definition) is 0. The number of rotatable bonds is 3. The Morgan fingerprint density at radius 2 is 1.50 bits per heavy atom. The molecule has 0 saturated heterocycles. The van der Waals surface area contributed by atoms with Crippen molar-refractivity contribution in [2.75, 3.05) is 28.2 Å². The summed E-state index contributed by atoms with van der Waals surface area (Å²) >= 11 is 12.3. The second kappa shape index (κ2) is 4.47. The standard InChI is InChI=1S/C8H16Cl2N2/c1-6-7(9)8(10,11(2)3)12(4)5/h6H,1-5H3. The van der Waals surface area contributed by atoms with Gasteiger partial charge in [0.2, 0.25) is 0 Å². The minimum Gasteiger partial charge on any atom is -0.274 e. The molecule has 0 amide bonds. The molecule has 0 bridgehead atoms. The molecule has 2 nitrogen and oxygen atoms in total. The van der Waals surface area contributed by atoms with Crippen LogP contribution in [0.4, 0.5) is 0 Å². The van der Waals surface area contributed by atoms with Gasteiger partial charge in [-0.15, -0.1) is 0 Å². The Hall–Kier alpha value is 0.240. The monoisotopic (exact) mass is 210 g/mol. The van der Waals surface area contributed by atoms with Crippen LogP contribution in [0.2, 0.25) is 0 Å². The van der Waals surface area contributed by atoms with Gasteiger partial charge in [0, 0.05) is 0 Å². The third-order valence-corrected chi connectivity index (χ3v) is 3.20. The highest BCUT2D eigenvalue weighted by atomic mass is 35.5. The third kappa shape index (κ3) is 2.13. The molecule has 0 aliphatic heterocycles. The van der Waals surface area contributed by atoms with Crippen molar-refractivity contribution in [1.29, 1.82) is 0 Å². The van der Waals surface area contributed by atoms with Crippen LogP contribution in [-0.4, -0.2) is 43.1 Å². The molecule has 0 aliphatic rings. The third-order valence-electron chi connectivity index (χ3n) is 1.74. The van der Waals surface area contributed by atoms with Crippen molar-refractivity contribution in [2.24, 2.45) is 0 Å². The van der Waals surface area contributed by atoms with Crippen molar-refractivity contribution in [3.05, 3.63) is 11.1 Å². The van der Waals surface area contributed by atoms with Crippen molar-refractivity contribution in [3.8, 4) is 0 Å². The summed E-state index contributed by atoms with van der Waals surface area (Å²) in [5.74, 6) is 0. The highest BCUT2D eigenvalue weighted by Crippen LogP contribution is 2.32. The lowest BCUT2D eigenvalue weighted by atomic mass is 10.3. The molecule has 72 valence electrons. The summed E-state index contributed by atoms with van der Waals surface area (Å²) in [7, 11) is 7.55. The summed E-state index contributed by atoms with van der Waals surface area (Å²) in [6, 6.07) is 0. The van der Waals surface area contributed by atoms with Crippen molar-refractivity contribution in [3.63, 3.8) is 0 Å². The fraction of sp³-hybridized carbons (Fsp3) is 0.750. The molecule has 0 aromatic heterocycles. The molecule has 0 unspecified atom stereocenters. The number of nitrogens with zero attached hydrogens (tertiary/aromatic N) is 2. The summed E-state index contributed by atoms with van der Waals surface area (Å²) in [6.45, 7) is 1.87. The van der Waals surface area contributed by atoms with E-state index in [9.17, 15) is 0 Å². The highest BCUT2D eigenvalue weighted by molar-refractivity contribution is 6.39. The topological polar surface area (TPSA) is 6.48 Å². The van der Waals surface area contributed by atoms with Gasteiger partial charge in [0.25, 0.3) is 0 Å². The van der Waals surface area contributed by atoms with E-state index in [0.29, 0.717) is 5.03 Å². The highest BCUT2D eigenvalue weighted by Gasteiger charge is 2.35. The quantitative estimate of drug-likeness (QED) is 0.401. The average molecular weight is 211 g/mol. The van der Waals surface area contributed by atoms with E-state index in [0.717, 1.165) is 0 Å². The van der Waals surface area contributed by atoms with E-state index in [4.69, 9.17) is 23.2 Å². The predicted octanol–water partition coefficient (Wildman–Crippen LogP) is 2.14. The number of halogens is 2. The fourth-order valence-electron chi connectivity index (χ4n) is 1.01. The molecule has 0 spiro atoms. The van der Waals surface area contributed by atoms with E-state index >= 15 is 0 Å². The SMILES string of the molecule is CC=C(Cl)C(Cl)(N(C)C)N(C)C. The molecule has 0 aromatic carbocycles. The Bertz CT molecular complexity index is 168. The van der Waals surface area contributed by atoms with E-state index in [1.807, 2.05) is 44.9 Å². The van der Waals surface area contributed by atoms with Crippen LogP contribution in [0.25, 0.3) is 0 Å². The van der Waals surface area contributed by atoms with Crippen LogP contribution < -0.4 is 0 Å². The van der Waals surface area contributed by atoms with Gasteiger partial charge >= 0.3 is 0 Å². The molecule has 12 heavy (non-hydrogen) atoms. The Kier molecular flexibility index (Phi) is 4.56. The van der Waals surface area contributed by atoms with Gasteiger partial charge in [0.15, 0.2) is 5.12 Å². The maximum atomic E-state index is 6.31. The van der Waals surface area contributed by atoms with Crippen LogP contribution in [0.3, 0.4) is 0 Å². The van der Waals surface area contributed by atoms with E-state index in [1.54, 1.807) is 6.08 Å². The van der Waals surface area contributed by atoms with Gasteiger partial charge in [-0.3, -0.25) is 9.80 Å². The molecule has 0 rings (SSSR count). The fourth-order valence-corrected chi connectivity index (χ4v) is 1.46. The lowest BCUT2D eigenvalue weighted by molar-refractivity contribution is 0.127. The Balaban J connectivity index is 4.88. The van der Waals surface area contributed by atoms with Crippen LogP contribution in [0, 0.1) is 0 Å². The molecule has 4 heteroatoms. The van der Waals surface area contributed by atoms with Crippen LogP contribution in [0.1, 0.15) is 6.92 Å². The van der Waals surface area contributed by atoms with Crippen molar-refractivity contribution in [1.82, 2.24) is 9.80 Å². The van der Waals surface area contributed by atoms with Gasteiger partial charge in [0.1, 0.15) is 0 Å². The zero-order chi connectivity index (χ0) is 9.94. The summed E-state index contributed by atoms with van der Waals surface area (Å²) in [6.07, 6.45) is 1.80. The Labute approximate surface area is 84.7 Å².